The maximum atomic E-state index is 12.8. The summed E-state index contributed by atoms with van der Waals surface area (Å²) in [6.07, 6.45) is 3.68. The van der Waals surface area contributed by atoms with Crippen LogP contribution in [0.5, 0.6) is 0 Å². The molecule has 27 heavy (non-hydrogen) atoms. The number of amides is 1. The number of carbonyl (C=O) groups is 1. The summed E-state index contributed by atoms with van der Waals surface area (Å²) >= 11 is 0. The molecule has 0 unspecified atom stereocenters. The van der Waals surface area contributed by atoms with Crippen molar-refractivity contribution in [2.75, 3.05) is 24.5 Å². The van der Waals surface area contributed by atoms with Crippen molar-refractivity contribution in [2.24, 2.45) is 5.92 Å². The summed E-state index contributed by atoms with van der Waals surface area (Å²) in [6.45, 7) is 7.75. The Kier molecular flexibility index (Phi) is 5.10. The monoisotopic (exact) mass is 364 g/mol. The second-order valence-corrected chi connectivity index (χ2v) is 7.92. The Morgan fingerprint density at radius 2 is 1.85 bits per heavy atom. The number of anilines is 1. The van der Waals surface area contributed by atoms with E-state index in [0.717, 1.165) is 60.4 Å². The highest BCUT2D eigenvalue weighted by Gasteiger charge is 2.28. The molecule has 0 saturated carbocycles. The van der Waals surface area contributed by atoms with E-state index in [2.05, 4.69) is 16.8 Å². The highest BCUT2D eigenvalue weighted by atomic mass is 16.2. The zero-order valence-corrected chi connectivity index (χ0v) is 16.3. The third-order valence-corrected chi connectivity index (χ3v) is 5.78. The van der Waals surface area contributed by atoms with Crippen LogP contribution in [0.4, 0.5) is 5.82 Å². The fraction of sp³-hybridized carbons (Fsp3) is 0.500. The van der Waals surface area contributed by atoms with E-state index in [1.54, 1.807) is 0 Å². The molecule has 0 atom stereocenters. The van der Waals surface area contributed by atoms with Crippen molar-refractivity contribution < 1.29 is 4.79 Å². The number of fused-ring (bicyclic) bond motifs is 1. The van der Waals surface area contributed by atoms with Crippen molar-refractivity contribution in [1.82, 2.24) is 14.9 Å². The van der Waals surface area contributed by atoms with Crippen molar-refractivity contribution >= 4 is 11.7 Å². The van der Waals surface area contributed by atoms with E-state index in [9.17, 15) is 4.79 Å². The number of nitrogens with zero attached hydrogens (tertiary/aromatic N) is 4. The van der Waals surface area contributed by atoms with Crippen LogP contribution in [0.1, 0.15) is 42.4 Å². The molecule has 0 N–H and O–H groups in total. The molecular formula is C22H28N4O. The molecule has 2 aliphatic rings. The molecule has 2 aromatic rings. The second-order valence-electron chi connectivity index (χ2n) is 7.92. The van der Waals surface area contributed by atoms with Crippen LogP contribution in [0.3, 0.4) is 0 Å². The quantitative estimate of drug-likeness (QED) is 0.839. The van der Waals surface area contributed by atoms with E-state index in [0.29, 0.717) is 13.0 Å². The molecule has 5 heteroatoms. The van der Waals surface area contributed by atoms with Gasteiger partial charge in [0.05, 0.1) is 18.7 Å². The lowest BCUT2D eigenvalue weighted by molar-refractivity contribution is -0.131. The van der Waals surface area contributed by atoms with Gasteiger partial charge < -0.3 is 9.80 Å². The van der Waals surface area contributed by atoms with Gasteiger partial charge in [-0.1, -0.05) is 37.3 Å². The van der Waals surface area contributed by atoms with Gasteiger partial charge in [-0.05, 0) is 31.2 Å². The van der Waals surface area contributed by atoms with Gasteiger partial charge in [-0.2, -0.15) is 0 Å². The summed E-state index contributed by atoms with van der Waals surface area (Å²) in [5.74, 6) is 2.86. The number of carbonyl (C=O) groups excluding carboxylic acids is 1. The first-order valence-electron chi connectivity index (χ1n) is 10.0. The maximum absolute atomic E-state index is 12.8. The molecule has 2 aliphatic heterocycles. The van der Waals surface area contributed by atoms with E-state index in [1.165, 1.54) is 12.8 Å². The molecule has 1 aromatic heterocycles. The fourth-order valence-corrected chi connectivity index (χ4v) is 4.09. The molecule has 0 aliphatic carbocycles. The minimum Gasteiger partial charge on any atom is -0.356 e. The summed E-state index contributed by atoms with van der Waals surface area (Å²) in [5, 5.41) is 0. The Bertz CT molecular complexity index is 813. The number of aromatic nitrogens is 2. The Hall–Kier alpha value is -2.43. The van der Waals surface area contributed by atoms with Crippen LogP contribution in [-0.4, -0.2) is 40.4 Å². The normalized spacial score (nSPS) is 17.7. The molecule has 3 heterocycles. The lowest BCUT2D eigenvalue weighted by Crippen LogP contribution is -2.40. The van der Waals surface area contributed by atoms with Gasteiger partial charge in [0.2, 0.25) is 5.91 Å². The topological polar surface area (TPSA) is 49.3 Å². The second kappa shape index (κ2) is 7.67. The van der Waals surface area contributed by atoms with Gasteiger partial charge in [-0.15, -0.1) is 0 Å². The predicted molar refractivity (Wildman–Crippen MR) is 107 cm³/mol. The van der Waals surface area contributed by atoms with E-state index in [4.69, 9.17) is 4.98 Å². The number of hydrogen-bond acceptors (Lipinski definition) is 4. The molecule has 142 valence electrons. The maximum Gasteiger partial charge on any atom is 0.227 e. The summed E-state index contributed by atoms with van der Waals surface area (Å²) in [4.78, 5) is 26.7. The van der Waals surface area contributed by atoms with Crippen LogP contribution < -0.4 is 4.90 Å². The minimum atomic E-state index is 0.186. The number of aryl methyl sites for hydroxylation is 1. The summed E-state index contributed by atoms with van der Waals surface area (Å²) < 4.78 is 0. The van der Waals surface area contributed by atoms with Gasteiger partial charge >= 0.3 is 0 Å². The number of piperidine rings is 1. The van der Waals surface area contributed by atoms with E-state index in [1.807, 2.05) is 42.2 Å². The fourth-order valence-electron chi connectivity index (χ4n) is 4.09. The van der Waals surface area contributed by atoms with Crippen LogP contribution in [0.15, 0.2) is 30.3 Å². The third kappa shape index (κ3) is 3.97. The summed E-state index contributed by atoms with van der Waals surface area (Å²) in [7, 11) is 0. The van der Waals surface area contributed by atoms with E-state index >= 15 is 0 Å². The Morgan fingerprint density at radius 1 is 1.11 bits per heavy atom. The molecule has 1 fully saturated rings. The molecule has 1 saturated heterocycles. The largest absolute Gasteiger partial charge is 0.356 e. The molecule has 0 radical (unpaired) electrons. The van der Waals surface area contributed by atoms with Gasteiger partial charge in [-0.3, -0.25) is 4.79 Å². The first kappa shape index (κ1) is 18.0. The Labute approximate surface area is 161 Å². The predicted octanol–water partition coefficient (Wildman–Crippen LogP) is 3.15. The lowest BCUT2D eigenvalue weighted by atomic mass is 9.98. The zero-order valence-electron chi connectivity index (χ0n) is 16.3. The SMILES string of the molecule is Cc1nc2c(c(N3CCC(C)CC3)n1)CN(C(=O)Cc1ccccc1)CC2. The van der Waals surface area contributed by atoms with E-state index < -0.39 is 0 Å². The van der Waals surface area contributed by atoms with Gasteiger partial charge in [0, 0.05) is 31.6 Å². The van der Waals surface area contributed by atoms with Gasteiger partial charge in [0.25, 0.3) is 0 Å². The lowest BCUT2D eigenvalue weighted by Gasteiger charge is -2.36. The number of benzene rings is 1. The minimum absolute atomic E-state index is 0.186. The molecule has 5 nitrogen and oxygen atoms in total. The Balaban J connectivity index is 1.55. The first-order valence-corrected chi connectivity index (χ1v) is 10.0. The summed E-state index contributed by atoms with van der Waals surface area (Å²) in [6, 6.07) is 9.99. The van der Waals surface area contributed by atoms with Crippen molar-refractivity contribution in [3.63, 3.8) is 0 Å². The van der Waals surface area contributed by atoms with Crippen LogP contribution in [0.25, 0.3) is 0 Å². The third-order valence-electron chi connectivity index (χ3n) is 5.78. The molecule has 0 bridgehead atoms. The van der Waals surface area contributed by atoms with Crippen LogP contribution in [-0.2, 0) is 24.2 Å². The van der Waals surface area contributed by atoms with Crippen LogP contribution in [0.2, 0.25) is 0 Å². The van der Waals surface area contributed by atoms with Crippen molar-refractivity contribution in [3.8, 4) is 0 Å². The van der Waals surface area contributed by atoms with Crippen molar-refractivity contribution in [1.29, 1.82) is 0 Å². The van der Waals surface area contributed by atoms with Crippen LogP contribution in [0, 0.1) is 12.8 Å². The smallest absolute Gasteiger partial charge is 0.227 e. The standard InChI is InChI=1S/C22H28N4O/c1-16-8-11-25(12-9-16)22-19-15-26(13-10-20(19)23-17(2)24-22)21(27)14-18-6-4-3-5-7-18/h3-7,16H,8-15H2,1-2H3. The van der Waals surface area contributed by atoms with Gasteiger partial charge in [-0.25, -0.2) is 9.97 Å². The molecule has 4 rings (SSSR count). The van der Waals surface area contributed by atoms with Crippen molar-refractivity contribution in [3.05, 3.63) is 53.0 Å². The molecular weight excluding hydrogens is 336 g/mol. The van der Waals surface area contributed by atoms with Gasteiger partial charge in [0.1, 0.15) is 11.6 Å². The molecule has 1 aromatic carbocycles. The zero-order chi connectivity index (χ0) is 18.8. The number of hydrogen-bond donors (Lipinski definition) is 0. The highest BCUT2D eigenvalue weighted by Crippen LogP contribution is 2.30. The first-order chi connectivity index (χ1) is 13.1. The van der Waals surface area contributed by atoms with E-state index in [-0.39, 0.29) is 5.91 Å². The highest BCUT2D eigenvalue weighted by molar-refractivity contribution is 5.79. The number of rotatable bonds is 3. The average Bonchev–Trinajstić information content (AvgIpc) is 2.68. The molecule has 1 amide bonds. The average molecular weight is 364 g/mol. The van der Waals surface area contributed by atoms with Crippen molar-refractivity contribution in [2.45, 2.75) is 46.1 Å². The molecule has 0 spiro atoms. The Morgan fingerprint density at radius 3 is 2.59 bits per heavy atom. The van der Waals surface area contributed by atoms with Gasteiger partial charge in [0.15, 0.2) is 0 Å². The summed E-state index contributed by atoms with van der Waals surface area (Å²) in [5.41, 5.74) is 3.35. The van der Waals surface area contributed by atoms with Crippen LogP contribution >= 0.6 is 0 Å².